The number of ether oxygens (including phenoxy) is 2. The minimum atomic E-state index is -0.631. The first-order valence-corrected chi connectivity index (χ1v) is 13.8. The zero-order valence-electron chi connectivity index (χ0n) is 21.4. The monoisotopic (exact) mass is 514 g/mol. The average Bonchev–Trinajstić information content (AvgIpc) is 3.66. The molecule has 36 heavy (non-hydrogen) atoms. The summed E-state index contributed by atoms with van der Waals surface area (Å²) in [6.45, 7) is 7.28. The molecule has 2 saturated heterocycles. The second-order valence-corrected chi connectivity index (χ2v) is 10.9. The molecule has 3 aromatic rings. The number of unbranched alkanes of at least 4 members (excludes halogenated alkanes) is 1. The van der Waals surface area contributed by atoms with Crippen molar-refractivity contribution in [1.29, 1.82) is 0 Å². The zero-order chi connectivity index (χ0) is 24.9. The van der Waals surface area contributed by atoms with Crippen LogP contribution in [0.1, 0.15) is 74.8 Å². The van der Waals surface area contributed by atoms with Crippen molar-refractivity contribution in [2.45, 2.75) is 89.5 Å². The number of hydrogen-bond acceptors (Lipinski definition) is 8. The highest BCUT2D eigenvalue weighted by Crippen LogP contribution is 2.48. The Morgan fingerprint density at radius 3 is 2.72 bits per heavy atom. The van der Waals surface area contributed by atoms with E-state index in [1.54, 1.807) is 0 Å². The third kappa shape index (κ3) is 4.04. The van der Waals surface area contributed by atoms with Crippen LogP contribution in [0, 0.1) is 6.92 Å². The van der Waals surface area contributed by atoms with Gasteiger partial charge in [-0.25, -0.2) is 14.6 Å². The number of likely N-dealkylation sites (N-methyl/N-ethyl adjacent to an activating group) is 1. The molecule has 3 aliphatic rings. The maximum atomic E-state index is 6.72. The van der Waals surface area contributed by atoms with Gasteiger partial charge in [0, 0.05) is 18.0 Å². The van der Waals surface area contributed by atoms with Gasteiger partial charge in [0.25, 0.3) is 0 Å². The summed E-state index contributed by atoms with van der Waals surface area (Å²) in [5.41, 5.74) is 3.33. The van der Waals surface area contributed by atoms with Crippen molar-refractivity contribution in [1.82, 2.24) is 29.8 Å². The first kappa shape index (κ1) is 24.3. The Morgan fingerprint density at radius 1 is 1.14 bits per heavy atom. The second kappa shape index (κ2) is 9.67. The van der Waals surface area contributed by atoms with E-state index in [0.717, 1.165) is 86.1 Å². The molecule has 10 heteroatoms. The first-order chi connectivity index (χ1) is 17.5. The van der Waals surface area contributed by atoms with Crippen molar-refractivity contribution < 1.29 is 14.0 Å². The lowest BCUT2D eigenvalue weighted by Gasteiger charge is -2.36. The van der Waals surface area contributed by atoms with Crippen molar-refractivity contribution in [2.24, 2.45) is 0 Å². The van der Waals surface area contributed by atoms with Gasteiger partial charge in [-0.3, -0.25) is 0 Å². The molecule has 0 spiro atoms. The van der Waals surface area contributed by atoms with E-state index in [1.807, 2.05) is 11.6 Å². The predicted octanol–water partition coefficient (Wildman–Crippen LogP) is 4.89. The van der Waals surface area contributed by atoms with Crippen LogP contribution in [-0.4, -0.2) is 68.4 Å². The molecule has 0 amide bonds. The number of rotatable bonds is 7. The summed E-state index contributed by atoms with van der Waals surface area (Å²) in [5, 5.41) is 10.5. The standard InChI is InChI=1S/C26H35ClN6O3/c1-4-5-11-26(34-13-14-35-26)19-10-6-9-18-21(31-36-22(18)19)24-28-23(27)20-16(2)30-33(25(20)29-24)15-17-8-7-12-32(17)3/h17,19H,4-15H2,1-3H3. The molecule has 0 aromatic carbocycles. The molecule has 5 heterocycles. The van der Waals surface area contributed by atoms with E-state index < -0.39 is 5.79 Å². The van der Waals surface area contributed by atoms with Gasteiger partial charge >= 0.3 is 0 Å². The molecule has 0 radical (unpaired) electrons. The van der Waals surface area contributed by atoms with E-state index in [9.17, 15) is 0 Å². The van der Waals surface area contributed by atoms with Crippen LogP contribution in [0.25, 0.3) is 22.6 Å². The minimum Gasteiger partial charge on any atom is -0.360 e. The van der Waals surface area contributed by atoms with E-state index in [0.29, 0.717) is 35.9 Å². The minimum absolute atomic E-state index is 0.0152. The van der Waals surface area contributed by atoms with Crippen molar-refractivity contribution in [3.05, 3.63) is 22.2 Å². The summed E-state index contributed by atoms with van der Waals surface area (Å²) >= 11 is 6.72. The highest BCUT2D eigenvalue weighted by molar-refractivity contribution is 6.34. The van der Waals surface area contributed by atoms with Crippen LogP contribution in [-0.2, 0) is 22.4 Å². The number of aryl methyl sites for hydroxylation is 1. The number of halogens is 1. The Hall–Kier alpha value is -2.07. The van der Waals surface area contributed by atoms with Crippen molar-refractivity contribution in [2.75, 3.05) is 26.8 Å². The van der Waals surface area contributed by atoms with Crippen LogP contribution in [0.5, 0.6) is 0 Å². The van der Waals surface area contributed by atoms with Crippen molar-refractivity contribution in [3.8, 4) is 11.5 Å². The smallest absolute Gasteiger partial charge is 0.185 e. The van der Waals surface area contributed by atoms with Gasteiger partial charge in [-0.05, 0) is 59.0 Å². The van der Waals surface area contributed by atoms with Gasteiger partial charge in [-0.1, -0.05) is 30.1 Å². The van der Waals surface area contributed by atoms with Gasteiger partial charge in [0.2, 0.25) is 0 Å². The van der Waals surface area contributed by atoms with Crippen molar-refractivity contribution in [3.63, 3.8) is 0 Å². The van der Waals surface area contributed by atoms with Crippen molar-refractivity contribution >= 4 is 22.6 Å². The fourth-order valence-electron chi connectivity index (χ4n) is 6.30. The Bertz CT molecular complexity index is 1250. The quantitative estimate of drug-likeness (QED) is 0.411. The fourth-order valence-corrected chi connectivity index (χ4v) is 6.60. The maximum absolute atomic E-state index is 6.72. The van der Waals surface area contributed by atoms with Crippen LogP contribution in [0.4, 0.5) is 0 Å². The average molecular weight is 515 g/mol. The number of likely N-dealkylation sites (tertiary alicyclic amines) is 1. The van der Waals surface area contributed by atoms with Gasteiger partial charge in [0.05, 0.1) is 36.8 Å². The van der Waals surface area contributed by atoms with Crippen LogP contribution in [0.15, 0.2) is 4.52 Å². The second-order valence-electron chi connectivity index (χ2n) is 10.5. The van der Waals surface area contributed by atoms with Gasteiger partial charge in [0.1, 0.15) is 10.9 Å². The summed E-state index contributed by atoms with van der Waals surface area (Å²) in [4.78, 5) is 12.0. The molecule has 3 aromatic heterocycles. The molecular formula is C26H35ClN6O3. The lowest BCUT2D eigenvalue weighted by atomic mass is 9.80. The molecule has 0 bridgehead atoms. The van der Waals surface area contributed by atoms with Crippen LogP contribution >= 0.6 is 11.6 Å². The van der Waals surface area contributed by atoms with E-state index in [-0.39, 0.29) is 5.92 Å². The molecule has 6 rings (SSSR count). The lowest BCUT2D eigenvalue weighted by molar-refractivity contribution is -0.186. The SMILES string of the molecule is CCCCC1(C2CCCc3c(-c4nc(Cl)c5c(C)nn(CC6CCCN6C)c5n4)noc32)OCCO1. The predicted molar refractivity (Wildman–Crippen MR) is 136 cm³/mol. The summed E-state index contributed by atoms with van der Waals surface area (Å²) in [6.07, 6.45) is 8.17. The maximum Gasteiger partial charge on any atom is 0.185 e. The molecule has 2 atom stereocenters. The highest BCUT2D eigenvalue weighted by atomic mass is 35.5. The molecule has 0 saturated carbocycles. The lowest BCUT2D eigenvalue weighted by Crippen LogP contribution is -2.39. The van der Waals surface area contributed by atoms with E-state index in [2.05, 4.69) is 29.0 Å². The highest BCUT2D eigenvalue weighted by Gasteiger charge is 2.49. The number of aromatic nitrogens is 5. The Kier molecular flexibility index (Phi) is 6.52. The largest absolute Gasteiger partial charge is 0.360 e. The Balaban J connectivity index is 1.39. The van der Waals surface area contributed by atoms with Gasteiger partial charge in [-0.15, -0.1) is 0 Å². The number of nitrogens with zero attached hydrogens (tertiary/aromatic N) is 6. The molecule has 1 aliphatic carbocycles. The van der Waals surface area contributed by atoms with Gasteiger partial charge < -0.3 is 18.9 Å². The summed E-state index contributed by atoms with van der Waals surface area (Å²) in [7, 11) is 2.17. The van der Waals surface area contributed by atoms with E-state index >= 15 is 0 Å². The van der Waals surface area contributed by atoms with Gasteiger partial charge in [0.15, 0.2) is 23.0 Å². The number of hydrogen-bond donors (Lipinski definition) is 0. The molecule has 194 valence electrons. The molecule has 2 unspecified atom stereocenters. The molecule has 2 aliphatic heterocycles. The normalized spacial score (nSPS) is 24.1. The Morgan fingerprint density at radius 2 is 1.97 bits per heavy atom. The topological polar surface area (TPSA) is 91.3 Å². The Labute approximate surface area is 216 Å². The zero-order valence-corrected chi connectivity index (χ0v) is 22.2. The summed E-state index contributed by atoms with van der Waals surface area (Å²) in [6, 6.07) is 0.441. The van der Waals surface area contributed by atoms with E-state index in [1.165, 1.54) is 6.42 Å². The first-order valence-electron chi connectivity index (χ1n) is 13.4. The van der Waals surface area contributed by atoms with E-state index in [4.69, 9.17) is 35.7 Å². The fraction of sp³-hybridized carbons (Fsp3) is 0.692. The van der Waals surface area contributed by atoms with Gasteiger partial charge in [-0.2, -0.15) is 5.10 Å². The summed E-state index contributed by atoms with van der Waals surface area (Å²) in [5.74, 6) is 0.732. The van der Waals surface area contributed by atoms with Crippen LogP contribution in [0.2, 0.25) is 5.15 Å². The molecule has 0 N–H and O–H groups in total. The third-order valence-electron chi connectivity index (χ3n) is 8.23. The van der Waals surface area contributed by atoms with Crippen LogP contribution < -0.4 is 0 Å². The molecular weight excluding hydrogens is 480 g/mol. The number of fused-ring (bicyclic) bond motifs is 2. The van der Waals surface area contributed by atoms with Crippen LogP contribution in [0.3, 0.4) is 0 Å². The molecule has 2 fully saturated rings. The summed E-state index contributed by atoms with van der Waals surface area (Å²) < 4.78 is 20.5. The molecule has 9 nitrogen and oxygen atoms in total. The third-order valence-corrected chi connectivity index (χ3v) is 8.50.